The van der Waals surface area contributed by atoms with Crippen LogP contribution in [0.25, 0.3) is 0 Å². The number of nitrogens with zero attached hydrogens (tertiary/aromatic N) is 1. The summed E-state index contributed by atoms with van der Waals surface area (Å²) in [5.41, 5.74) is -0.310. The van der Waals surface area contributed by atoms with Crippen LogP contribution < -0.4 is 5.32 Å². The number of carboxylic acids is 1. The normalized spacial score (nSPS) is 20.9. The minimum atomic E-state index is -4.44. The number of carboxylic acid groups (broad SMARTS) is 1. The summed E-state index contributed by atoms with van der Waals surface area (Å²) < 4.78 is 37.8. The monoisotopic (exact) mass is 346 g/mol. The summed E-state index contributed by atoms with van der Waals surface area (Å²) in [5, 5.41) is 20.8. The van der Waals surface area contributed by atoms with Crippen molar-refractivity contribution in [3.8, 4) is 0 Å². The van der Waals surface area contributed by atoms with Gasteiger partial charge in [-0.25, -0.2) is 4.79 Å². The van der Waals surface area contributed by atoms with E-state index in [1.165, 1.54) is 17.0 Å². The molecule has 2 unspecified atom stereocenters. The van der Waals surface area contributed by atoms with Crippen molar-refractivity contribution in [1.29, 1.82) is 0 Å². The number of carbonyl (C=O) groups excluding carboxylic acids is 1. The van der Waals surface area contributed by atoms with Gasteiger partial charge in [0.15, 0.2) is 0 Å². The number of carbonyl (C=O) groups is 2. The van der Waals surface area contributed by atoms with Crippen LogP contribution in [0.3, 0.4) is 0 Å². The van der Waals surface area contributed by atoms with E-state index in [9.17, 15) is 27.9 Å². The molecule has 24 heavy (non-hydrogen) atoms. The molecule has 2 atom stereocenters. The van der Waals surface area contributed by atoms with Crippen LogP contribution in [0.15, 0.2) is 24.3 Å². The Kier molecular flexibility index (Phi) is 5.33. The van der Waals surface area contributed by atoms with E-state index in [1.54, 1.807) is 0 Å². The Morgan fingerprint density at radius 3 is 2.42 bits per heavy atom. The van der Waals surface area contributed by atoms with Gasteiger partial charge in [-0.05, 0) is 24.1 Å². The number of nitrogens with one attached hydrogen (secondary N) is 1. The zero-order chi connectivity index (χ0) is 17.9. The second-order valence-electron chi connectivity index (χ2n) is 5.55. The van der Waals surface area contributed by atoms with E-state index in [-0.39, 0.29) is 25.9 Å². The van der Waals surface area contributed by atoms with E-state index < -0.39 is 35.9 Å². The second-order valence-corrected chi connectivity index (χ2v) is 5.55. The van der Waals surface area contributed by atoms with Crippen LogP contribution in [0, 0.1) is 0 Å². The zero-order valence-electron chi connectivity index (χ0n) is 12.6. The molecule has 0 radical (unpaired) electrons. The maximum absolute atomic E-state index is 12.6. The molecule has 0 spiro atoms. The van der Waals surface area contributed by atoms with Gasteiger partial charge >= 0.3 is 18.2 Å². The van der Waals surface area contributed by atoms with E-state index in [0.717, 1.165) is 12.1 Å². The number of amides is 2. The number of β-amino-alcohol motifs (C(OH)–C–C–N with tert-alkyl or cyclic N) is 1. The lowest BCUT2D eigenvalue weighted by Crippen LogP contribution is -2.41. The van der Waals surface area contributed by atoms with E-state index in [4.69, 9.17) is 5.11 Å². The molecule has 1 aromatic rings. The molecule has 0 aromatic heterocycles. The number of benzene rings is 1. The van der Waals surface area contributed by atoms with E-state index in [0.29, 0.717) is 5.56 Å². The first-order valence-electron chi connectivity index (χ1n) is 7.30. The Balaban J connectivity index is 2.09. The van der Waals surface area contributed by atoms with Crippen LogP contribution in [0.4, 0.5) is 18.0 Å². The van der Waals surface area contributed by atoms with Crippen LogP contribution >= 0.6 is 0 Å². The van der Waals surface area contributed by atoms with Crippen molar-refractivity contribution in [2.24, 2.45) is 0 Å². The van der Waals surface area contributed by atoms with Gasteiger partial charge in [-0.15, -0.1) is 0 Å². The van der Waals surface area contributed by atoms with Gasteiger partial charge in [0.2, 0.25) is 0 Å². The number of alkyl halides is 3. The van der Waals surface area contributed by atoms with E-state index in [1.807, 2.05) is 0 Å². The van der Waals surface area contributed by atoms with Crippen LogP contribution in [0.2, 0.25) is 0 Å². The Morgan fingerprint density at radius 2 is 1.88 bits per heavy atom. The minimum Gasteiger partial charge on any atom is -0.481 e. The molecule has 1 saturated heterocycles. The molecule has 3 N–H and O–H groups in total. The predicted molar refractivity (Wildman–Crippen MR) is 77.2 cm³/mol. The maximum atomic E-state index is 12.6. The molecule has 6 nitrogen and oxygen atoms in total. The van der Waals surface area contributed by atoms with Gasteiger partial charge in [0.25, 0.3) is 0 Å². The smallest absolute Gasteiger partial charge is 0.416 e. The maximum Gasteiger partial charge on any atom is 0.416 e. The van der Waals surface area contributed by atoms with Crippen LogP contribution in [-0.2, 0) is 11.0 Å². The summed E-state index contributed by atoms with van der Waals surface area (Å²) >= 11 is 0. The van der Waals surface area contributed by atoms with Crippen molar-refractivity contribution >= 4 is 12.0 Å². The molecule has 1 aliphatic rings. The molecule has 9 heteroatoms. The Labute approximate surface area is 135 Å². The van der Waals surface area contributed by atoms with Crippen molar-refractivity contribution in [1.82, 2.24) is 10.2 Å². The minimum absolute atomic E-state index is 0.0323. The number of rotatable bonds is 4. The number of hydrogen-bond acceptors (Lipinski definition) is 3. The lowest BCUT2D eigenvalue weighted by atomic mass is 10.0. The molecule has 1 fully saturated rings. The van der Waals surface area contributed by atoms with Crippen molar-refractivity contribution in [3.63, 3.8) is 0 Å². The molecule has 0 aliphatic carbocycles. The van der Waals surface area contributed by atoms with Crippen LogP contribution in [0.1, 0.15) is 30.0 Å². The lowest BCUT2D eigenvalue weighted by molar-refractivity contribution is -0.138. The summed E-state index contributed by atoms with van der Waals surface area (Å²) in [6.07, 6.45) is -5.27. The zero-order valence-corrected chi connectivity index (χ0v) is 12.6. The predicted octanol–water partition coefficient (Wildman–Crippen LogP) is 2.00. The fourth-order valence-electron chi connectivity index (χ4n) is 2.63. The molecule has 1 heterocycles. The van der Waals surface area contributed by atoms with E-state index in [2.05, 4.69) is 5.32 Å². The molecule has 132 valence electrons. The second kappa shape index (κ2) is 7.08. The van der Waals surface area contributed by atoms with Gasteiger partial charge in [0.1, 0.15) is 0 Å². The van der Waals surface area contributed by atoms with Crippen molar-refractivity contribution in [2.75, 3.05) is 13.1 Å². The molecule has 2 rings (SSSR count). The molecule has 0 bridgehead atoms. The van der Waals surface area contributed by atoms with Crippen molar-refractivity contribution in [2.45, 2.75) is 31.2 Å². The number of urea groups is 1. The van der Waals surface area contributed by atoms with Crippen molar-refractivity contribution < 1.29 is 33.0 Å². The Bertz CT molecular complexity index is 604. The van der Waals surface area contributed by atoms with Gasteiger partial charge < -0.3 is 20.4 Å². The van der Waals surface area contributed by atoms with Gasteiger partial charge in [-0.2, -0.15) is 13.2 Å². The first-order valence-corrected chi connectivity index (χ1v) is 7.30. The van der Waals surface area contributed by atoms with Gasteiger partial charge in [0.05, 0.1) is 24.1 Å². The lowest BCUT2D eigenvalue weighted by Gasteiger charge is -2.25. The number of hydrogen-bond donors (Lipinski definition) is 3. The van der Waals surface area contributed by atoms with Crippen LogP contribution in [-0.4, -0.2) is 46.3 Å². The summed E-state index contributed by atoms with van der Waals surface area (Å²) in [5.74, 6) is -1.06. The standard InChI is InChI=1S/C15H17F3N2O4/c16-15(17,18)10-3-1-9(2-4-10)12-7-11(21)8-20(12)14(24)19-6-5-13(22)23/h1-4,11-12,21H,5-8H2,(H,19,24)(H,22,23). The molecule has 1 aromatic carbocycles. The molecule has 1 aliphatic heterocycles. The molecule has 2 amide bonds. The number of aliphatic hydroxyl groups excluding tert-OH is 1. The first kappa shape index (κ1) is 18.1. The number of aliphatic carboxylic acids is 1. The third-order valence-corrected chi connectivity index (χ3v) is 3.78. The largest absolute Gasteiger partial charge is 0.481 e. The highest BCUT2D eigenvalue weighted by molar-refractivity contribution is 5.76. The number of halogens is 3. The molecular weight excluding hydrogens is 329 g/mol. The van der Waals surface area contributed by atoms with Crippen molar-refractivity contribution in [3.05, 3.63) is 35.4 Å². The summed E-state index contributed by atoms with van der Waals surface area (Å²) in [6, 6.07) is 3.30. The Morgan fingerprint density at radius 1 is 1.25 bits per heavy atom. The summed E-state index contributed by atoms with van der Waals surface area (Å²) in [6.45, 7) is -0.0366. The van der Waals surface area contributed by atoms with Gasteiger partial charge in [0, 0.05) is 13.1 Å². The number of likely N-dealkylation sites (tertiary alicyclic amines) is 1. The third-order valence-electron chi connectivity index (χ3n) is 3.78. The van der Waals surface area contributed by atoms with Gasteiger partial charge in [-0.3, -0.25) is 4.79 Å². The third kappa shape index (κ3) is 4.38. The average molecular weight is 346 g/mol. The molecular formula is C15H17F3N2O4. The highest BCUT2D eigenvalue weighted by Gasteiger charge is 2.36. The first-order chi connectivity index (χ1) is 11.2. The van der Waals surface area contributed by atoms with Crippen LogP contribution in [0.5, 0.6) is 0 Å². The van der Waals surface area contributed by atoms with Gasteiger partial charge in [-0.1, -0.05) is 12.1 Å². The molecule has 0 saturated carbocycles. The highest BCUT2D eigenvalue weighted by atomic mass is 19.4. The highest BCUT2D eigenvalue weighted by Crippen LogP contribution is 2.35. The number of aliphatic hydroxyl groups is 1. The topological polar surface area (TPSA) is 89.9 Å². The SMILES string of the molecule is O=C(O)CCNC(=O)N1CC(O)CC1c1ccc(C(F)(F)F)cc1. The fraction of sp³-hybridized carbons (Fsp3) is 0.467. The van der Waals surface area contributed by atoms with E-state index >= 15 is 0 Å². The fourth-order valence-corrected chi connectivity index (χ4v) is 2.63. The summed E-state index contributed by atoms with van der Waals surface area (Å²) in [4.78, 5) is 23.9. The quantitative estimate of drug-likeness (QED) is 0.778. The summed E-state index contributed by atoms with van der Waals surface area (Å²) in [7, 11) is 0. The average Bonchev–Trinajstić information content (AvgIpc) is 2.88. The Hall–Kier alpha value is -2.29.